The fraction of sp³-hybridized carbons (Fsp3) is 0.857. The maximum Gasteiger partial charge on any atom is 0.317 e. The zero-order valence-electron chi connectivity index (χ0n) is 12.7. The van der Waals surface area contributed by atoms with Crippen LogP contribution >= 0.6 is 0 Å². The number of rotatable bonds is 5. The summed E-state index contributed by atoms with van der Waals surface area (Å²) in [6.45, 7) is 8.20. The fourth-order valence-corrected chi connectivity index (χ4v) is 3.03. The molecule has 2 aliphatic heterocycles. The van der Waals surface area contributed by atoms with Crippen molar-refractivity contribution in [1.82, 2.24) is 20.4 Å². The van der Waals surface area contributed by atoms with E-state index in [4.69, 9.17) is 0 Å². The number of likely N-dealkylation sites (tertiary alicyclic amines) is 1. The van der Waals surface area contributed by atoms with Gasteiger partial charge in [0.25, 0.3) is 0 Å². The van der Waals surface area contributed by atoms with Crippen LogP contribution in [0.4, 0.5) is 4.79 Å². The number of carbonyl (C=O) groups is 2. The van der Waals surface area contributed by atoms with Crippen LogP contribution in [0.15, 0.2) is 0 Å². The second-order valence-electron chi connectivity index (χ2n) is 5.93. The Morgan fingerprint density at radius 2 is 2.00 bits per heavy atom. The highest BCUT2D eigenvalue weighted by atomic mass is 16.4. The zero-order chi connectivity index (χ0) is 15.3. The van der Waals surface area contributed by atoms with Gasteiger partial charge in [-0.2, -0.15) is 0 Å². The van der Waals surface area contributed by atoms with Crippen LogP contribution in [-0.4, -0.2) is 79.3 Å². The molecule has 1 atom stereocenters. The fourth-order valence-electron chi connectivity index (χ4n) is 3.03. The lowest BCUT2D eigenvalue weighted by Gasteiger charge is -2.27. The van der Waals surface area contributed by atoms with Gasteiger partial charge >= 0.3 is 12.0 Å². The van der Waals surface area contributed by atoms with E-state index < -0.39 is 11.4 Å². The molecule has 2 fully saturated rings. The first kappa shape index (κ1) is 16.0. The Bertz CT molecular complexity index is 384. The van der Waals surface area contributed by atoms with Crippen molar-refractivity contribution in [3.8, 4) is 0 Å². The van der Waals surface area contributed by atoms with Gasteiger partial charge in [-0.05, 0) is 12.8 Å². The maximum absolute atomic E-state index is 12.1. The first-order valence-electron chi connectivity index (χ1n) is 7.77. The Morgan fingerprint density at radius 1 is 1.29 bits per heavy atom. The second-order valence-corrected chi connectivity index (χ2v) is 5.93. The molecule has 0 radical (unpaired) electrons. The molecule has 2 rings (SSSR count). The molecule has 7 nitrogen and oxygen atoms in total. The molecule has 0 aromatic rings. The summed E-state index contributed by atoms with van der Waals surface area (Å²) in [4.78, 5) is 27.4. The van der Waals surface area contributed by atoms with E-state index in [1.807, 2.05) is 6.92 Å². The first-order valence-corrected chi connectivity index (χ1v) is 7.77. The Morgan fingerprint density at radius 3 is 2.57 bits per heavy atom. The summed E-state index contributed by atoms with van der Waals surface area (Å²) < 4.78 is 0. The van der Waals surface area contributed by atoms with E-state index in [0.29, 0.717) is 32.5 Å². The highest BCUT2D eigenvalue weighted by Gasteiger charge is 2.44. The lowest BCUT2D eigenvalue weighted by atomic mass is 9.84. The highest BCUT2D eigenvalue weighted by molar-refractivity contribution is 5.79. The minimum atomic E-state index is -0.791. The number of amides is 2. The number of hydrogen-bond acceptors (Lipinski definition) is 4. The predicted molar refractivity (Wildman–Crippen MR) is 79.3 cm³/mol. The van der Waals surface area contributed by atoms with E-state index in [0.717, 1.165) is 32.7 Å². The van der Waals surface area contributed by atoms with Crippen molar-refractivity contribution in [1.29, 1.82) is 0 Å². The van der Waals surface area contributed by atoms with Crippen LogP contribution in [0, 0.1) is 5.41 Å². The summed E-state index contributed by atoms with van der Waals surface area (Å²) in [7, 11) is 0. The summed E-state index contributed by atoms with van der Waals surface area (Å²) >= 11 is 0. The largest absolute Gasteiger partial charge is 0.481 e. The third-order valence-corrected chi connectivity index (χ3v) is 4.69. The predicted octanol–water partition coefficient (Wildman–Crippen LogP) is -0.212. The van der Waals surface area contributed by atoms with Gasteiger partial charge in [-0.25, -0.2) is 4.79 Å². The molecule has 2 amide bonds. The monoisotopic (exact) mass is 298 g/mol. The van der Waals surface area contributed by atoms with E-state index in [9.17, 15) is 14.7 Å². The summed E-state index contributed by atoms with van der Waals surface area (Å²) in [6, 6.07) is -0.137. The zero-order valence-corrected chi connectivity index (χ0v) is 12.7. The number of nitrogens with zero attached hydrogens (tertiary/aromatic N) is 2. The third kappa shape index (κ3) is 3.85. The van der Waals surface area contributed by atoms with Crippen molar-refractivity contribution >= 4 is 12.0 Å². The van der Waals surface area contributed by atoms with Crippen LogP contribution in [0.2, 0.25) is 0 Å². The Balaban J connectivity index is 1.73. The van der Waals surface area contributed by atoms with Crippen LogP contribution in [0.5, 0.6) is 0 Å². The first-order chi connectivity index (χ1) is 10.1. The van der Waals surface area contributed by atoms with Gasteiger partial charge in [0.2, 0.25) is 0 Å². The van der Waals surface area contributed by atoms with Gasteiger partial charge in [-0.15, -0.1) is 0 Å². The van der Waals surface area contributed by atoms with Gasteiger partial charge in [0, 0.05) is 52.4 Å². The van der Waals surface area contributed by atoms with Gasteiger partial charge in [0.15, 0.2) is 0 Å². The van der Waals surface area contributed by atoms with Gasteiger partial charge in [0.1, 0.15) is 0 Å². The molecule has 3 N–H and O–H groups in total. The lowest BCUT2D eigenvalue weighted by Crippen LogP contribution is -2.48. The van der Waals surface area contributed by atoms with Crippen molar-refractivity contribution in [2.45, 2.75) is 19.8 Å². The highest BCUT2D eigenvalue weighted by Crippen LogP contribution is 2.34. The van der Waals surface area contributed by atoms with E-state index in [-0.39, 0.29) is 6.03 Å². The topological polar surface area (TPSA) is 84.9 Å². The number of nitrogens with one attached hydrogen (secondary N) is 2. The number of urea groups is 1. The molecule has 0 saturated carbocycles. The minimum Gasteiger partial charge on any atom is -0.481 e. The standard InChI is InChI=1S/C14H26N4O3/c1-2-14(12(19)20)3-7-18(11-14)13(21)16-6-10-17-8-4-15-5-9-17/h15H,2-11H2,1H3,(H,16,21)(H,19,20). The normalized spacial score (nSPS) is 26.8. The molecular weight excluding hydrogens is 272 g/mol. The quantitative estimate of drug-likeness (QED) is 0.654. The SMILES string of the molecule is CCC1(C(=O)O)CCN(C(=O)NCCN2CCNCC2)C1. The van der Waals surface area contributed by atoms with Gasteiger partial charge in [-0.3, -0.25) is 9.69 Å². The van der Waals surface area contributed by atoms with Gasteiger partial charge < -0.3 is 20.6 Å². The Kier molecular flexibility index (Phi) is 5.41. The summed E-state index contributed by atoms with van der Waals surface area (Å²) in [5.41, 5.74) is -0.754. The third-order valence-electron chi connectivity index (χ3n) is 4.69. The summed E-state index contributed by atoms with van der Waals surface area (Å²) in [5.74, 6) is -0.791. The average Bonchev–Trinajstić information content (AvgIpc) is 2.94. The molecule has 2 aliphatic rings. The molecule has 21 heavy (non-hydrogen) atoms. The van der Waals surface area contributed by atoms with Crippen LogP contribution in [-0.2, 0) is 4.79 Å². The molecular formula is C14H26N4O3. The summed E-state index contributed by atoms with van der Waals surface area (Å²) in [5, 5.41) is 15.5. The van der Waals surface area contributed by atoms with Gasteiger partial charge in [-0.1, -0.05) is 6.92 Å². The smallest absolute Gasteiger partial charge is 0.317 e. The number of piperazine rings is 1. The van der Waals surface area contributed by atoms with E-state index >= 15 is 0 Å². The molecule has 0 aliphatic carbocycles. The lowest BCUT2D eigenvalue weighted by molar-refractivity contribution is -0.148. The van der Waals surface area contributed by atoms with Gasteiger partial charge in [0.05, 0.1) is 5.41 Å². The molecule has 2 heterocycles. The van der Waals surface area contributed by atoms with Crippen molar-refractivity contribution in [3.63, 3.8) is 0 Å². The van der Waals surface area contributed by atoms with E-state index in [2.05, 4.69) is 15.5 Å². The molecule has 0 spiro atoms. The summed E-state index contributed by atoms with van der Waals surface area (Å²) in [6.07, 6.45) is 1.11. The Labute approximate surface area is 125 Å². The Hall–Kier alpha value is -1.34. The number of carboxylic acids is 1. The molecule has 0 bridgehead atoms. The number of carboxylic acid groups (broad SMARTS) is 1. The molecule has 120 valence electrons. The van der Waals surface area contributed by atoms with E-state index in [1.54, 1.807) is 4.90 Å². The van der Waals surface area contributed by atoms with Crippen LogP contribution in [0.3, 0.4) is 0 Å². The molecule has 7 heteroatoms. The molecule has 1 unspecified atom stereocenters. The number of aliphatic carboxylic acids is 1. The van der Waals surface area contributed by atoms with Crippen molar-refractivity contribution < 1.29 is 14.7 Å². The molecule has 0 aromatic carbocycles. The average molecular weight is 298 g/mol. The number of hydrogen-bond donors (Lipinski definition) is 3. The van der Waals surface area contributed by atoms with Crippen molar-refractivity contribution in [3.05, 3.63) is 0 Å². The number of carbonyl (C=O) groups excluding carboxylic acids is 1. The van der Waals surface area contributed by atoms with Crippen LogP contribution < -0.4 is 10.6 Å². The second kappa shape index (κ2) is 7.09. The molecule has 2 saturated heterocycles. The minimum absolute atomic E-state index is 0.137. The van der Waals surface area contributed by atoms with Crippen LogP contribution in [0.25, 0.3) is 0 Å². The van der Waals surface area contributed by atoms with Crippen molar-refractivity contribution in [2.24, 2.45) is 5.41 Å². The van der Waals surface area contributed by atoms with Crippen LogP contribution in [0.1, 0.15) is 19.8 Å². The van der Waals surface area contributed by atoms with Crippen molar-refractivity contribution in [2.75, 3.05) is 52.4 Å². The maximum atomic E-state index is 12.1. The van der Waals surface area contributed by atoms with E-state index in [1.165, 1.54) is 0 Å². The molecule has 0 aromatic heterocycles.